The van der Waals surface area contributed by atoms with Crippen LogP contribution in [0.4, 0.5) is 10.2 Å². The number of carbonyl (C=O) groups excluding carboxylic acids is 1. The molecule has 7 nitrogen and oxygen atoms in total. The number of hydrogen-bond donors (Lipinski definition) is 2. The monoisotopic (exact) mass is 340 g/mol. The molecular weight excluding hydrogens is 323 g/mol. The van der Waals surface area contributed by atoms with Crippen molar-refractivity contribution < 1.29 is 9.18 Å². The van der Waals surface area contributed by atoms with E-state index in [0.29, 0.717) is 24.7 Å². The Hall–Kier alpha value is -3.29. The quantitative estimate of drug-likeness (QED) is 0.670. The second-order valence-corrected chi connectivity index (χ2v) is 5.34. The summed E-state index contributed by atoms with van der Waals surface area (Å²) >= 11 is 0. The van der Waals surface area contributed by atoms with E-state index in [-0.39, 0.29) is 5.56 Å². The fraction of sp³-hybridized carbons (Fsp3) is 0.176. The summed E-state index contributed by atoms with van der Waals surface area (Å²) < 4.78 is 15.1. The highest BCUT2D eigenvalue weighted by Gasteiger charge is 2.09. The Morgan fingerprint density at radius 2 is 1.96 bits per heavy atom. The van der Waals surface area contributed by atoms with E-state index in [9.17, 15) is 9.18 Å². The molecule has 25 heavy (non-hydrogen) atoms. The Morgan fingerprint density at radius 3 is 2.64 bits per heavy atom. The lowest BCUT2D eigenvalue weighted by Crippen LogP contribution is -2.29. The van der Waals surface area contributed by atoms with E-state index in [1.165, 1.54) is 12.1 Å². The topological polar surface area (TPSA) is 84.7 Å². The highest BCUT2D eigenvalue weighted by atomic mass is 19.1. The van der Waals surface area contributed by atoms with Gasteiger partial charge in [0.1, 0.15) is 11.6 Å². The number of carbonyl (C=O) groups is 1. The van der Waals surface area contributed by atoms with Crippen LogP contribution >= 0.6 is 0 Å². The van der Waals surface area contributed by atoms with Crippen LogP contribution in [0.5, 0.6) is 0 Å². The third-order valence-electron chi connectivity index (χ3n) is 3.44. The number of aromatic nitrogens is 4. The lowest BCUT2D eigenvalue weighted by molar-refractivity contribution is 0.0951. The Morgan fingerprint density at radius 1 is 1.12 bits per heavy atom. The van der Waals surface area contributed by atoms with Crippen molar-refractivity contribution in [3.8, 4) is 5.82 Å². The molecule has 0 spiro atoms. The van der Waals surface area contributed by atoms with Crippen molar-refractivity contribution in [1.29, 1.82) is 0 Å². The van der Waals surface area contributed by atoms with Gasteiger partial charge < -0.3 is 10.6 Å². The van der Waals surface area contributed by atoms with Crippen molar-refractivity contribution in [1.82, 2.24) is 25.3 Å². The van der Waals surface area contributed by atoms with Crippen LogP contribution in [-0.2, 0) is 0 Å². The molecule has 2 aromatic heterocycles. The maximum Gasteiger partial charge on any atom is 0.254 e. The third kappa shape index (κ3) is 4.17. The molecule has 0 atom stereocenters. The summed E-state index contributed by atoms with van der Waals surface area (Å²) in [6, 6.07) is 11.3. The Bertz CT molecular complexity index is 862. The molecular formula is C17H17FN6O. The van der Waals surface area contributed by atoms with Crippen LogP contribution in [0, 0.1) is 12.7 Å². The highest BCUT2D eigenvalue weighted by molar-refractivity contribution is 5.94. The van der Waals surface area contributed by atoms with E-state index in [1.54, 1.807) is 28.9 Å². The van der Waals surface area contributed by atoms with Crippen molar-refractivity contribution in [3.63, 3.8) is 0 Å². The van der Waals surface area contributed by atoms with Crippen molar-refractivity contribution in [2.24, 2.45) is 0 Å². The van der Waals surface area contributed by atoms with E-state index in [4.69, 9.17) is 0 Å². The lowest BCUT2D eigenvalue weighted by atomic mass is 10.2. The molecule has 0 aliphatic rings. The van der Waals surface area contributed by atoms with Crippen LogP contribution in [0.25, 0.3) is 5.82 Å². The summed E-state index contributed by atoms with van der Waals surface area (Å²) in [6.07, 6.45) is 1.81. The maximum absolute atomic E-state index is 13.5. The molecule has 3 aromatic rings. The molecule has 0 unspecified atom stereocenters. The van der Waals surface area contributed by atoms with Gasteiger partial charge in [0.2, 0.25) is 0 Å². The van der Waals surface area contributed by atoms with Gasteiger partial charge in [-0.15, -0.1) is 10.2 Å². The second-order valence-electron chi connectivity index (χ2n) is 5.34. The first-order chi connectivity index (χ1) is 12.1. The molecule has 2 heterocycles. The summed E-state index contributed by atoms with van der Waals surface area (Å²) in [5.74, 6) is 0.206. The van der Waals surface area contributed by atoms with Gasteiger partial charge in [-0.1, -0.05) is 12.1 Å². The average Bonchev–Trinajstić information content (AvgIpc) is 3.06. The number of nitrogens with zero attached hydrogens (tertiary/aromatic N) is 4. The second kappa shape index (κ2) is 7.52. The average molecular weight is 340 g/mol. The number of nitrogens with one attached hydrogen (secondary N) is 2. The number of halogens is 1. The zero-order valence-corrected chi connectivity index (χ0v) is 13.6. The minimum atomic E-state index is -0.539. The van der Waals surface area contributed by atoms with Crippen molar-refractivity contribution in [2.75, 3.05) is 18.4 Å². The molecule has 0 aliphatic carbocycles. The predicted molar refractivity (Wildman–Crippen MR) is 91.1 cm³/mol. The van der Waals surface area contributed by atoms with E-state index >= 15 is 0 Å². The van der Waals surface area contributed by atoms with E-state index in [0.717, 1.165) is 5.69 Å². The largest absolute Gasteiger partial charge is 0.367 e. The molecule has 0 bridgehead atoms. The summed E-state index contributed by atoms with van der Waals surface area (Å²) in [5, 5.41) is 18.1. The molecule has 0 aliphatic heterocycles. The fourth-order valence-corrected chi connectivity index (χ4v) is 2.19. The van der Waals surface area contributed by atoms with Gasteiger partial charge in [-0.3, -0.25) is 4.79 Å². The lowest BCUT2D eigenvalue weighted by Gasteiger charge is -2.08. The van der Waals surface area contributed by atoms with Crippen LogP contribution < -0.4 is 10.6 Å². The number of amides is 1. The van der Waals surface area contributed by atoms with Gasteiger partial charge in [0.05, 0.1) is 11.3 Å². The molecule has 1 aromatic carbocycles. The number of rotatable bonds is 6. The zero-order chi connectivity index (χ0) is 17.6. The predicted octanol–water partition coefficient (Wildman–Crippen LogP) is 1.95. The first-order valence-corrected chi connectivity index (χ1v) is 7.76. The molecule has 0 fully saturated rings. The van der Waals surface area contributed by atoms with Crippen molar-refractivity contribution >= 4 is 11.7 Å². The molecule has 0 saturated heterocycles. The van der Waals surface area contributed by atoms with Crippen LogP contribution in [0.15, 0.2) is 48.7 Å². The summed E-state index contributed by atoms with van der Waals surface area (Å²) in [5.41, 5.74) is 0.927. The summed E-state index contributed by atoms with van der Waals surface area (Å²) in [7, 11) is 0. The normalized spacial score (nSPS) is 10.5. The van der Waals surface area contributed by atoms with E-state index in [1.807, 2.05) is 19.2 Å². The Kier molecular flexibility index (Phi) is 4.98. The smallest absolute Gasteiger partial charge is 0.254 e. The number of aryl methyl sites for hydroxylation is 1. The third-order valence-corrected chi connectivity index (χ3v) is 3.44. The minimum absolute atomic E-state index is 0.0289. The first kappa shape index (κ1) is 16.6. The van der Waals surface area contributed by atoms with Gasteiger partial charge in [0, 0.05) is 19.3 Å². The summed E-state index contributed by atoms with van der Waals surface area (Å²) in [4.78, 5) is 11.9. The Labute approximate surface area is 143 Å². The first-order valence-electron chi connectivity index (χ1n) is 7.76. The molecule has 0 saturated carbocycles. The minimum Gasteiger partial charge on any atom is -0.367 e. The van der Waals surface area contributed by atoms with Gasteiger partial charge in [0.25, 0.3) is 5.91 Å². The highest BCUT2D eigenvalue weighted by Crippen LogP contribution is 2.07. The molecule has 128 valence electrons. The van der Waals surface area contributed by atoms with Crippen LogP contribution in [0.2, 0.25) is 0 Å². The van der Waals surface area contributed by atoms with Gasteiger partial charge in [-0.05, 0) is 37.3 Å². The summed E-state index contributed by atoms with van der Waals surface area (Å²) in [6.45, 7) is 2.67. The van der Waals surface area contributed by atoms with Gasteiger partial charge in [-0.2, -0.15) is 5.10 Å². The molecule has 2 N–H and O–H groups in total. The molecule has 0 radical (unpaired) electrons. The fourth-order valence-electron chi connectivity index (χ4n) is 2.19. The molecule has 3 rings (SSSR count). The van der Waals surface area contributed by atoms with Gasteiger partial charge in [-0.25, -0.2) is 9.07 Å². The molecule has 1 amide bonds. The van der Waals surface area contributed by atoms with Gasteiger partial charge in [0.15, 0.2) is 5.82 Å². The van der Waals surface area contributed by atoms with E-state index < -0.39 is 11.7 Å². The standard InChI is InChI=1S/C17H17FN6O/c1-12-8-11-24(23-12)16-7-6-15(21-22-16)19-9-10-20-17(25)13-4-2-3-5-14(13)18/h2-8,11H,9-10H2,1H3,(H,19,21)(H,20,25). The van der Waals surface area contributed by atoms with Crippen molar-refractivity contribution in [3.05, 3.63) is 65.7 Å². The SMILES string of the molecule is Cc1ccn(-c2ccc(NCCNC(=O)c3ccccc3F)nn2)n1. The number of anilines is 1. The maximum atomic E-state index is 13.5. The van der Waals surface area contributed by atoms with E-state index in [2.05, 4.69) is 25.9 Å². The molecule has 8 heteroatoms. The van der Waals surface area contributed by atoms with Crippen LogP contribution in [-0.4, -0.2) is 39.0 Å². The zero-order valence-electron chi connectivity index (χ0n) is 13.6. The van der Waals surface area contributed by atoms with Crippen molar-refractivity contribution in [2.45, 2.75) is 6.92 Å². The number of hydrogen-bond acceptors (Lipinski definition) is 5. The Balaban J connectivity index is 1.48. The van der Waals surface area contributed by atoms with Crippen LogP contribution in [0.3, 0.4) is 0 Å². The van der Waals surface area contributed by atoms with Gasteiger partial charge >= 0.3 is 0 Å². The van der Waals surface area contributed by atoms with Crippen LogP contribution in [0.1, 0.15) is 16.1 Å². The number of benzene rings is 1.